The predicted octanol–water partition coefficient (Wildman–Crippen LogP) is 2.39. The highest BCUT2D eigenvalue weighted by Gasteiger charge is 2.04. The van der Waals surface area contributed by atoms with Crippen molar-refractivity contribution >= 4 is 26.8 Å². The van der Waals surface area contributed by atoms with Crippen molar-refractivity contribution in [2.24, 2.45) is 0 Å². The van der Waals surface area contributed by atoms with Crippen molar-refractivity contribution in [1.82, 2.24) is 15.1 Å². The van der Waals surface area contributed by atoms with Gasteiger partial charge in [-0.25, -0.2) is 0 Å². The maximum atomic E-state index is 4.01. The van der Waals surface area contributed by atoms with Gasteiger partial charge in [0.25, 0.3) is 0 Å². The molecule has 1 N–H and O–H groups in total. The molecule has 0 bridgehead atoms. The summed E-state index contributed by atoms with van der Waals surface area (Å²) in [5, 5.41) is 8.12. The smallest absolute Gasteiger partial charge is 0.0664 e. The molecule has 3 nitrogen and oxygen atoms in total. The average Bonchev–Trinajstić information content (AvgIpc) is 2.50. The lowest BCUT2D eigenvalue weighted by molar-refractivity contribution is 0.402. The van der Waals surface area contributed by atoms with Crippen molar-refractivity contribution in [3.8, 4) is 0 Å². The largest absolute Gasteiger partial charge is 0.305 e. The minimum atomic E-state index is 0.938. The SMILES string of the molecule is CN(C)Cc1cc(Br)c2cn[nH]c2c1. The highest BCUT2D eigenvalue weighted by Crippen LogP contribution is 2.24. The van der Waals surface area contributed by atoms with Gasteiger partial charge in [-0.15, -0.1) is 0 Å². The van der Waals surface area contributed by atoms with Gasteiger partial charge in [0.1, 0.15) is 0 Å². The molecule has 74 valence electrons. The van der Waals surface area contributed by atoms with Crippen LogP contribution in [0.5, 0.6) is 0 Å². The fraction of sp³-hybridized carbons (Fsp3) is 0.300. The molecule has 1 aromatic heterocycles. The zero-order valence-electron chi connectivity index (χ0n) is 8.21. The van der Waals surface area contributed by atoms with Gasteiger partial charge in [0.05, 0.1) is 11.7 Å². The van der Waals surface area contributed by atoms with Gasteiger partial charge in [-0.1, -0.05) is 15.9 Å². The van der Waals surface area contributed by atoms with Crippen LogP contribution in [-0.4, -0.2) is 29.2 Å². The topological polar surface area (TPSA) is 31.9 Å². The van der Waals surface area contributed by atoms with Gasteiger partial charge in [0.15, 0.2) is 0 Å². The van der Waals surface area contributed by atoms with E-state index in [1.165, 1.54) is 5.56 Å². The maximum absolute atomic E-state index is 4.01. The molecule has 2 rings (SSSR count). The Balaban J connectivity index is 2.47. The molecule has 0 saturated carbocycles. The lowest BCUT2D eigenvalue weighted by atomic mass is 10.1. The Morgan fingerprint density at radius 2 is 2.21 bits per heavy atom. The second-order valence-electron chi connectivity index (χ2n) is 3.65. The highest BCUT2D eigenvalue weighted by molar-refractivity contribution is 9.10. The van der Waals surface area contributed by atoms with Crippen LogP contribution < -0.4 is 0 Å². The van der Waals surface area contributed by atoms with Crippen LogP contribution in [0.2, 0.25) is 0 Å². The molecule has 0 radical (unpaired) electrons. The standard InChI is InChI=1S/C10H12BrN3/c1-14(2)6-7-3-9(11)8-5-12-13-10(8)4-7/h3-5H,6H2,1-2H3,(H,12,13). The van der Waals surface area contributed by atoms with Crippen molar-refractivity contribution in [1.29, 1.82) is 0 Å². The van der Waals surface area contributed by atoms with E-state index in [-0.39, 0.29) is 0 Å². The second-order valence-corrected chi connectivity index (χ2v) is 4.50. The van der Waals surface area contributed by atoms with Gasteiger partial charge in [-0.2, -0.15) is 5.10 Å². The molecule has 14 heavy (non-hydrogen) atoms. The van der Waals surface area contributed by atoms with Crippen molar-refractivity contribution < 1.29 is 0 Å². The Bertz CT molecular complexity index is 448. The van der Waals surface area contributed by atoms with Gasteiger partial charge in [0.2, 0.25) is 0 Å². The van der Waals surface area contributed by atoms with E-state index >= 15 is 0 Å². The Kier molecular flexibility index (Phi) is 2.56. The molecule has 0 spiro atoms. The number of fused-ring (bicyclic) bond motifs is 1. The van der Waals surface area contributed by atoms with Crippen LogP contribution in [0.3, 0.4) is 0 Å². The molecule has 4 heteroatoms. The summed E-state index contributed by atoms with van der Waals surface area (Å²) >= 11 is 3.54. The summed E-state index contributed by atoms with van der Waals surface area (Å²) < 4.78 is 1.10. The molecule has 1 aromatic carbocycles. The van der Waals surface area contributed by atoms with Crippen LogP contribution in [-0.2, 0) is 6.54 Å². The Morgan fingerprint density at radius 1 is 1.43 bits per heavy atom. The first-order chi connectivity index (χ1) is 6.66. The Morgan fingerprint density at radius 3 is 2.93 bits per heavy atom. The lowest BCUT2D eigenvalue weighted by Gasteiger charge is -2.09. The summed E-state index contributed by atoms with van der Waals surface area (Å²) in [6.07, 6.45) is 1.83. The van der Waals surface area contributed by atoms with Crippen LogP contribution in [0, 0.1) is 0 Å². The molecule has 0 amide bonds. The number of benzene rings is 1. The fourth-order valence-corrected chi connectivity index (χ4v) is 2.13. The second kappa shape index (κ2) is 3.71. The van der Waals surface area contributed by atoms with Crippen molar-refractivity contribution in [3.63, 3.8) is 0 Å². The number of halogens is 1. The first-order valence-corrected chi connectivity index (χ1v) is 5.22. The van der Waals surface area contributed by atoms with E-state index in [0.29, 0.717) is 0 Å². The van der Waals surface area contributed by atoms with E-state index in [9.17, 15) is 0 Å². The molecule has 1 heterocycles. The minimum Gasteiger partial charge on any atom is -0.305 e. The Hall–Kier alpha value is -0.870. The number of hydrogen-bond donors (Lipinski definition) is 1. The van der Waals surface area contributed by atoms with Gasteiger partial charge < -0.3 is 4.90 Å². The molecular weight excluding hydrogens is 242 g/mol. The summed E-state index contributed by atoms with van der Waals surface area (Å²) in [4.78, 5) is 2.14. The number of nitrogens with zero attached hydrogens (tertiary/aromatic N) is 2. The first-order valence-electron chi connectivity index (χ1n) is 4.43. The molecule has 0 atom stereocenters. The molecular formula is C10H12BrN3. The zero-order chi connectivity index (χ0) is 10.1. The normalized spacial score (nSPS) is 11.4. The van der Waals surface area contributed by atoms with Gasteiger partial charge in [-0.05, 0) is 31.8 Å². The Labute approximate surface area is 91.2 Å². The van der Waals surface area contributed by atoms with E-state index in [4.69, 9.17) is 0 Å². The minimum absolute atomic E-state index is 0.938. The highest BCUT2D eigenvalue weighted by atomic mass is 79.9. The van der Waals surface area contributed by atoms with Crippen LogP contribution in [0.1, 0.15) is 5.56 Å². The van der Waals surface area contributed by atoms with Crippen LogP contribution >= 0.6 is 15.9 Å². The average molecular weight is 254 g/mol. The van der Waals surface area contributed by atoms with Crippen molar-refractivity contribution in [2.45, 2.75) is 6.54 Å². The summed E-state index contributed by atoms with van der Waals surface area (Å²) in [6, 6.07) is 4.27. The number of aromatic nitrogens is 2. The van der Waals surface area contributed by atoms with Crippen LogP contribution in [0.25, 0.3) is 10.9 Å². The van der Waals surface area contributed by atoms with Crippen molar-refractivity contribution in [2.75, 3.05) is 14.1 Å². The number of hydrogen-bond acceptors (Lipinski definition) is 2. The van der Waals surface area contributed by atoms with E-state index in [2.05, 4.69) is 57.3 Å². The molecule has 0 aliphatic heterocycles. The number of aromatic amines is 1. The molecule has 0 saturated heterocycles. The maximum Gasteiger partial charge on any atom is 0.0664 e. The molecule has 0 aliphatic carbocycles. The third kappa shape index (κ3) is 1.81. The van der Waals surface area contributed by atoms with Gasteiger partial charge in [-0.3, -0.25) is 5.10 Å². The quantitative estimate of drug-likeness (QED) is 0.892. The van der Waals surface area contributed by atoms with Gasteiger partial charge >= 0.3 is 0 Å². The summed E-state index contributed by atoms with van der Waals surface area (Å²) in [5.74, 6) is 0. The third-order valence-electron chi connectivity index (χ3n) is 2.07. The fourth-order valence-electron chi connectivity index (χ4n) is 1.52. The lowest BCUT2D eigenvalue weighted by Crippen LogP contribution is -2.10. The van der Waals surface area contributed by atoms with Crippen molar-refractivity contribution in [3.05, 3.63) is 28.4 Å². The van der Waals surface area contributed by atoms with E-state index in [1.807, 2.05) is 6.20 Å². The van der Waals surface area contributed by atoms with Crippen LogP contribution in [0.4, 0.5) is 0 Å². The number of rotatable bonds is 2. The monoisotopic (exact) mass is 253 g/mol. The van der Waals surface area contributed by atoms with E-state index in [1.54, 1.807) is 0 Å². The summed E-state index contributed by atoms with van der Waals surface area (Å²) in [7, 11) is 4.12. The predicted molar refractivity (Wildman–Crippen MR) is 61.2 cm³/mol. The first kappa shape index (κ1) is 9.68. The molecule has 0 unspecified atom stereocenters. The number of H-pyrrole nitrogens is 1. The third-order valence-corrected chi connectivity index (χ3v) is 2.72. The van der Waals surface area contributed by atoms with E-state index in [0.717, 1.165) is 21.9 Å². The van der Waals surface area contributed by atoms with Crippen LogP contribution in [0.15, 0.2) is 22.8 Å². The van der Waals surface area contributed by atoms with E-state index < -0.39 is 0 Å². The molecule has 0 aliphatic rings. The van der Waals surface area contributed by atoms with Gasteiger partial charge in [0, 0.05) is 16.4 Å². The summed E-state index contributed by atoms with van der Waals surface area (Å²) in [5.41, 5.74) is 2.36. The summed E-state index contributed by atoms with van der Waals surface area (Å²) in [6.45, 7) is 0.938. The zero-order valence-corrected chi connectivity index (χ0v) is 9.80. The molecule has 0 fully saturated rings. The molecule has 2 aromatic rings. The number of nitrogens with one attached hydrogen (secondary N) is 1.